The highest BCUT2D eigenvalue weighted by atomic mass is 16.3. The second-order valence-electron chi connectivity index (χ2n) is 7.04. The van der Waals surface area contributed by atoms with Crippen molar-refractivity contribution >= 4 is 5.91 Å². The van der Waals surface area contributed by atoms with Crippen LogP contribution in [0, 0.1) is 5.92 Å². The third kappa shape index (κ3) is 5.32. The average Bonchev–Trinajstić information content (AvgIpc) is 2.55. The minimum Gasteiger partial charge on any atom is -0.388 e. The maximum Gasteiger partial charge on any atom is 0.239 e. The molecule has 0 fully saturated rings. The lowest BCUT2D eigenvalue weighted by Gasteiger charge is -2.37. The van der Waals surface area contributed by atoms with E-state index in [1.807, 2.05) is 49.1 Å². The van der Waals surface area contributed by atoms with Gasteiger partial charge in [-0.15, -0.1) is 0 Å². The number of carbonyl (C=O) groups is 1. The summed E-state index contributed by atoms with van der Waals surface area (Å²) >= 11 is 0. The van der Waals surface area contributed by atoms with Gasteiger partial charge in [0, 0.05) is 13.1 Å². The first-order valence-electron chi connectivity index (χ1n) is 9.08. The van der Waals surface area contributed by atoms with Gasteiger partial charge in [0.2, 0.25) is 5.91 Å². The second-order valence-corrected chi connectivity index (χ2v) is 7.04. The summed E-state index contributed by atoms with van der Waals surface area (Å²) in [4.78, 5) is 14.8. The van der Waals surface area contributed by atoms with E-state index in [9.17, 15) is 9.90 Å². The summed E-state index contributed by atoms with van der Waals surface area (Å²) in [6, 6.07) is 9.23. The van der Waals surface area contributed by atoms with E-state index in [1.165, 1.54) is 0 Å². The maximum absolute atomic E-state index is 13.0. The molecule has 0 aromatic heterocycles. The van der Waals surface area contributed by atoms with Gasteiger partial charge < -0.3 is 10.0 Å². The molecule has 0 bridgehead atoms. The Kier molecular flexibility index (Phi) is 7.91. The van der Waals surface area contributed by atoms with Crippen molar-refractivity contribution in [3.8, 4) is 0 Å². The van der Waals surface area contributed by atoms with E-state index in [0.29, 0.717) is 13.1 Å². The summed E-state index contributed by atoms with van der Waals surface area (Å²) in [6.45, 7) is 13.1. The first kappa shape index (κ1) is 20.7. The van der Waals surface area contributed by atoms with Gasteiger partial charge >= 0.3 is 0 Å². The molecule has 0 aliphatic rings. The zero-order valence-corrected chi connectivity index (χ0v) is 16.0. The van der Waals surface area contributed by atoms with Crippen LogP contribution in [0.15, 0.2) is 30.3 Å². The minimum absolute atomic E-state index is 0.111. The van der Waals surface area contributed by atoms with Gasteiger partial charge in [-0.2, -0.15) is 0 Å². The van der Waals surface area contributed by atoms with Crippen LogP contribution in [0.2, 0.25) is 0 Å². The molecule has 0 aliphatic heterocycles. The zero-order valence-electron chi connectivity index (χ0n) is 16.0. The molecule has 0 aliphatic carbocycles. The average molecular weight is 335 g/mol. The van der Waals surface area contributed by atoms with Crippen LogP contribution in [0.3, 0.4) is 0 Å². The summed E-state index contributed by atoms with van der Waals surface area (Å²) in [7, 11) is 0. The standard InChI is InChI=1S/C20H34N2O2/c1-7-15(4)17(19(23)22(8-2)9-3)21-18(20(5,6)24)16-13-11-10-12-14-16/h10-15,17-18,21,24H,7-9H2,1-6H3/t15-,17-,18+/m0/s1. The molecule has 136 valence electrons. The van der Waals surface area contributed by atoms with Gasteiger partial charge in [0.1, 0.15) is 0 Å². The molecule has 0 unspecified atom stereocenters. The second kappa shape index (κ2) is 9.19. The fourth-order valence-corrected chi connectivity index (χ4v) is 2.98. The van der Waals surface area contributed by atoms with Gasteiger partial charge in [-0.05, 0) is 39.2 Å². The SMILES string of the molecule is CC[C@H](C)[C@H](N[C@H](c1ccccc1)C(C)(C)O)C(=O)N(CC)CC. The molecule has 4 heteroatoms. The van der Waals surface area contributed by atoms with Crippen LogP contribution in [0.1, 0.15) is 59.6 Å². The molecule has 24 heavy (non-hydrogen) atoms. The van der Waals surface area contributed by atoms with Crippen LogP contribution in [-0.4, -0.2) is 40.6 Å². The lowest BCUT2D eigenvalue weighted by atomic mass is 9.88. The van der Waals surface area contributed by atoms with Gasteiger partial charge in [0.25, 0.3) is 0 Å². The number of nitrogens with one attached hydrogen (secondary N) is 1. The van der Waals surface area contributed by atoms with E-state index in [2.05, 4.69) is 19.2 Å². The molecule has 1 amide bonds. The quantitative estimate of drug-likeness (QED) is 0.728. The summed E-state index contributed by atoms with van der Waals surface area (Å²) < 4.78 is 0. The number of aliphatic hydroxyl groups is 1. The molecular weight excluding hydrogens is 300 g/mol. The number of carbonyl (C=O) groups excluding carboxylic acids is 1. The van der Waals surface area contributed by atoms with Crippen LogP contribution < -0.4 is 5.32 Å². The van der Waals surface area contributed by atoms with E-state index >= 15 is 0 Å². The monoisotopic (exact) mass is 334 g/mol. The number of likely N-dealkylation sites (N-methyl/N-ethyl adjacent to an activating group) is 1. The van der Waals surface area contributed by atoms with E-state index < -0.39 is 5.60 Å². The molecule has 0 heterocycles. The number of nitrogens with zero attached hydrogens (tertiary/aromatic N) is 1. The fraction of sp³-hybridized carbons (Fsp3) is 0.650. The third-order valence-corrected chi connectivity index (χ3v) is 4.74. The smallest absolute Gasteiger partial charge is 0.239 e. The largest absolute Gasteiger partial charge is 0.388 e. The molecule has 1 aromatic rings. The Bertz CT molecular complexity index is 492. The van der Waals surface area contributed by atoms with Gasteiger partial charge in [-0.25, -0.2) is 0 Å². The van der Waals surface area contributed by atoms with E-state index in [0.717, 1.165) is 12.0 Å². The van der Waals surface area contributed by atoms with Crippen LogP contribution in [0.5, 0.6) is 0 Å². The van der Waals surface area contributed by atoms with Crippen molar-refractivity contribution in [2.75, 3.05) is 13.1 Å². The number of rotatable bonds is 9. The first-order valence-corrected chi connectivity index (χ1v) is 9.08. The molecule has 1 rings (SSSR count). The molecule has 2 N–H and O–H groups in total. The third-order valence-electron chi connectivity index (χ3n) is 4.74. The van der Waals surface area contributed by atoms with E-state index in [-0.39, 0.29) is 23.9 Å². The Morgan fingerprint density at radius 2 is 1.71 bits per heavy atom. The summed E-state index contributed by atoms with van der Waals surface area (Å²) in [5.74, 6) is 0.297. The zero-order chi connectivity index (χ0) is 18.3. The van der Waals surface area contributed by atoms with E-state index in [4.69, 9.17) is 0 Å². The van der Waals surface area contributed by atoms with Gasteiger partial charge in [-0.1, -0.05) is 50.6 Å². The van der Waals surface area contributed by atoms with Crippen molar-refractivity contribution in [1.29, 1.82) is 0 Å². The Balaban J connectivity index is 3.15. The topological polar surface area (TPSA) is 52.6 Å². The summed E-state index contributed by atoms with van der Waals surface area (Å²) in [5.41, 5.74) is 0.0158. The van der Waals surface area contributed by atoms with Crippen LogP contribution in [-0.2, 0) is 4.79 Å². The van der Waals surface area contributed by atoms with Crippen LogP contribution in [0.4, 0.5) is 0 Å². The minimum atomic E-state index is -0.976. The highest BCUT2D eigenvalue weighted by Gasteiger charge is 2.35. The molecule has 3 atom stereocenters. The van der Waals surface area contributed by atoms with Crippen molar-refractivity contribution in [3.05, 3.63) is 35.9 Å². The van der Waals surface area contributed by atoms with Crippen LogP contribution in [0.25, 0.3) is 0 Å². The van der Waals surface area contributed by atoms with Gasteiger partial charge in [0.05, 0.1) is 17.7 Å². The number of amides is 1. The highest BCUT2D eigenvalue weighted by molar-refractivity contribution is 5.82. The predicted octanol–water partition coefficient (Wildman–Crippen LogP) is 3.37. The maximum atomic E-state index is 13.0. The Hall–Kier alpha value is -1.39. The fourth-order valence-electron chi connectivity index (χ4n) is 2.98. The van der Waals surface area contributed by atoms with Gasteiger partial charge in [-0.3, -0.25) is 10.1 Å². The first-order chi connectivity index (χ1) is 11.3. The van der Waals surface area contributed by atoms with Crippen molar-refractivity contribution in [1.82, 2.24) is 10.2 Å². The van der Waals surface area contributed by atoms with Crippen LogP contribution >= 0.6 is 0 Å². The highest BCUT2D eigenvalue weighted by Crippen LogP contribution is 2.27. The predicted molar refractivity (Wildman–Crippen MR) is 99.8 cm³/mol. The molecule has 0 saturated carbocycles. The molecule has 0 radical (unpaired) electrons. The Morgan fingerprint density at radius 1 is 1.17 bits per heavy atom. The van der Waals surface area contributed by atoms with Crippen molar-refractivity contribution in [3.63, 3.8) is 0 Å². The molecule has 1 aromatic carbocycles. The lowest BCUT2D eigenvalue weighted by molar-refractivity contribution is -0.135. The number of benzene rings is 1. The number of hydrogen-bond donors (Lipinski definition) is 2. The van der Waals surface area contributed by atoms with Gasteiger partial charge in [0.15, 0.2) is 0 Å². The molecule has 0 saturated heterocycles. The summed E-state index contributed by atoms with van der Waals surface area (Å²) in [5, 5.41) is 14.2. The summed E-state index contributed by atoms with van der Waals surface area (Å²) in [6.07, 6.45) is 0.901. The normalized spacial score (nSPS) is 15.6. The molecule has 4 nitrogen and oxygen atoms in total. The van der Waals surface area contributed by atoms with Crippen molar-refractivity contribution in [2.24, 2.45) is 5.92 Å². The Morgan fingerprint density at radius 3 is 2.12 bits per heavy atom. The van der Waals surface area contributed by atoms with Crippen molar-refractivity contribution in [2.45, 2.75) is 65.6 Å². The molecule has 0 spiro atoms. The number of hydrogen-bond acceptors (Lipinski definition) is 3. The Labute approximate surface area is 147 Å². The lowest BCUT2D eigenvalue weighted by Crippen LogP contribution is -2.54. The molecular formula is C20H34N2O2. The van der Waals surface area contributed by atoms with Crippen molar-refractivity contribution < 1.29 is 9.90 Å². The van der Waals surface area contributed by atoms with E-state index in [1.54, 1.807) is 13.8 Å².